The largest absolute Gasteiger partial charge is 0.346 e. The first-order valence-electron chi connectivity index (χ1n) is 5.95. The van der Waals surface area contributed by atoms with Crippen molar-refractivity contribution in [2.45, 2.75) is 32.9 Å². The molecule has 92 valence electrons. The number of nitrogens with one attached hydrogen (secondary N) is 1. The van der Waals surface area contributed by atoms with Gasteiger partial charge >= 0.3 is 0 Å². The molecule has 1 N–H and O–H groups in total. The van der Waals surface area contributed by atoms with Crippen LogP contribution in [0.15, 0.2) is 34.9 Å². The Labute approximate surface area is 111 Å². The van der Waals surface area contributed by atoms with Gasteiger partial charge in [-0.2, -0.15) is 0 Å². The summed E-state index contributed by atoms with van der Waals surface area (Å²) in [7, 11) is 0. The molecule has 17 heavy (non-hydrogen) atoms. The third kappa shape index (κ3) is 3.33. The van der Waals surface area contributed by atoms with Gasteiger partial charge in [0, 0.05) is 34.8 Å². The summed E-state index contributed by atoms with van der Waals surface area (Å²) in [6, 6.07) is 8.57. The van der Waals surface area contributed by atoms with Crippen LogP contribution in [0.5, 0.6) is 0 Å². The number of nitrogens with zero attached hydrogens (tertiary/aromatic N) is 1. The zero-order valence-corrected chi connectivity index (χ0v) is 12.2. The molecule has 1 heterocycles. The Bertz CT molecular complexity index is 508. The summed E-state index contributed by atoms with van der Waals surface area (Å²) in [5, 5.41) is 4.80. The van der Waals surface area contributed by atoms with E-state index < -0.39 is 0 Å². The van der Waals surface area contributed by atoms with E-state index in [0.29, 0.717) is 0 Å². The quantitative estimate of drug-likeness (QED) is 0.911. The zero-order chi connectivity index (χ0) is 12.5. The second kappa shape index (κ2) is 4.83. The van der Waals surface area contributed by atoms with Crippen LogP contribution in [-0.4, -0.2) is 16.7 Å². The van der Waals surface area contributed by atoms with E-state index >= 15 is 0 Å². The third-order valence-electron chi connectivity index (χ3n) is 2.74. The van der Waals surface area contributed by atoms with Crippen LogP contribution in [0.2, 0.25) is 0 Å². The highest BCUT2D eigenvalue weighted by Gasteiger charge is 2.08. The van der Waals surface area contributed by atoms with Crippen molar-refractivity contribution in [3.63, 3.8) is 0 Å². The Balaban J connectivity index is 2.11. The van der Waals surface area contributed by atoms with Gasteiger partial charge in [0.15, 0.2) is 0 Å². The maximum absolute atomic E-state index is 3.52. The second-order valence-electron chi connectivity index (χ2n) is 5.39. The first-order chi connectivity index (χ1) is 7.96. The Kier molecular flexibility index (Phi) is 3.59. The fourth-order valence-electron chi connectivity index (χ4n) is 1.90. The van der Waals surface area contributed by atoms with E-state index in [-0.39, 0.29) is 5.54 Å². The monoisotopic (exact) mass is 294 g/mol. The van der Waals surface area contributed by atoms with E-state index in [2.05, 4.69) is 77.0 Å². The van der Waals surface area contributed by atoms with Crippen LogP contribution in [0, 0.1) is 0 Å². The number of fused-ring (bicyclic) bond motifs is 1. The summed E-state index contributed by atoms with van der Waals surface area (Å²) in [6.07, 6.45) is 2.15. The number of aromatic nitrogens is 1. The summed E-state index contributed by atoms with van der Waals surface area (Å²) in [5.41, 5.74) is 1.47. The van der Waals surface area contributed by atoms with Crippen molar-refractivity contribution in [2.75, 3.05) is 6.54 Å². The molecule has 2 rings (SSSR count). The summed E-state index contributed by atoms with van der Waals surface area (Å²) < 4.78 is 3.42. The van der Waals surface area contributed by atoms with Gasteiger partial charge in [-0.3, -0.25) is 0 Å². The molecule has 0 aliphatic carbocycles. The second-order valence-corrected chi connectivity index (χ2v) is 6.30. The number of halogens is 1. The van der Waals surface area contributed by atoms with Gasteiger partial charge in [-0.25, -0.2) is 0 Å². The van der Waals surface area contributed by atoms with Gasteiger partial charge in [-0.05, 0) is 44.4 Å². The highest BCUT2D eigenvalue weighted by atomic mass is 79.9. The number of hydrogen-bond acceptors (Lipinski definition) is 1. The van der Waals surface area contributed by atoms with Crippen LogP contribution in [-0.2, 0) is 6.54 Å². The summed E-state index contributed by atoms with van der Waals surface area (Å²) in [4.78, 5) is 0. The molecule has 0 saturated carbocycles. The molecule has 0 aliphatic heterocycles. The SMILES string of the molecule is CC(C)(C)NCCn1ccc2ccc(Br)cc21. The predicted octanol–water partition coefficient (Wildman–Crippen LogP) is 3.79. The maximum Gasteiger partial charge on any atom is 0.0492 e. The van der Waals surface area contributed by atoms with Crippen LogP contribution in [0.3, 0.4) is 0 Å². The normalized spacial score (nSPS) is 12.2. The lowest BCUT2D eigenvalue weighted by molar-refractivity contribution is 0.414. The molecular formula is C14H19BrN2. The molecule has 0 spiro atoms. The van der Waals surface area contributed by atoms with E-state index in [0.717, 1.165) is 17.6 Å². The average Bonchev–Trinajstić information content (AvgIpc) is 2.59. The lowest BCUT2D eigenvalue weighted by Gasteiger charge is -2.20. The maximum atomic E-state index is 3.52. The molecule has 0 saturated heterocycles. The molecule has 0 unspecified atom stereocenters. The Hall–Kier alpha value is -0.800. The molecule has 2 nitrogen and oxygen atoms in total. The van der Waals surface area contributed by atoms with Crippen LogP contribution >= 0.6 is 15.9 Å². The van der Waals surface area contributed by atoms with Gasteiger partial charge in [0.25, 0.3) is 0 Å². The number of rotatable bonds is 3. The fourth-order valence-corrected chi connectivity index (χ4v) is 2.25. The van der Waals surface area contributed by atoms with Crippen LogP contribution in [0.1, 0.15) is 20.8 Å². The van der Waals surface area contributed by atoms with Crippen molar-refractivity contribution in [1.29, 1.82) is 0 Å². The number of hydrogen-bond donors (Lipinski definition) is 1. The minimum absolute atomic E-state index is 0.184. The fraction of sp³-hybridized carbons (Fsp3) is 0.429. The zero-order valence-electron chi connectivity index (χ0n) is 10.6. The predicted molar refractivity (Wildman–Crippen MR) is 77.4 cm³/mol. The summed E-state index contributed by atoms with van der Waals surface area (Å²) in [6.45, 7) is 8.56. The van der Waals surface area contributed by atoms with E-state index in [1.807, 2.05) is 0 Å². The molecule has 0 bridgehead atoms. The van der Waals surface area contributed by atoms with Crippen molar-refractivity contribution in [1.82, 2.24) is 9.88 Å². The van der Waals surface area contributed by atoms with E-state index in [1.54, 1.807) is 0 Å². The average molecular weight is 295 g/mol. The van der Waals surface area contributed by atoms with E-state index in [4.69, 9.17) is 0 Å². The van der Waals surface area contributed by atoms with Gasteiger partial charge in [0.1, 0.15) is 0 Å². The first-order valence-corrected chi connectivity index (χ1v) is 6.74. The highest BCUT2D eigenvalue weighted by Crippen LogP contribution is 2.20. The topological polar surface area (TPSA) is 17.0 Å². The van der Waals surface area contributed by atoms with Crippen molar-refractivity contribution >= 4 is 26.8 Å². The smallest absolute Gasteiger partial charge is 0.0492 e. The van der Waals surface area contributed by atoms with Crippen molar-refractivity contribution in [2.24, 2.45) is 0 Å². The minimum Gasteiger partial charge on any atom is -0.346 e. The standard InChI is InChI=1S/C14H19BrN2/c1-14(2,3)16-7-9-17-8-6-11-4-5-12(15)10-13(11)17/h4-6,8,10,16H,7,9H2,1-3H3. The van der Waals surface area contributed by atoms with E-state index in [1.165, 1.54) is 10.9 Å². The molecule has 0 atom stereocenters. The molecule has 0 fully saturated rings. The Morgan fingerprint density at radius 2 is 2.00 bits per heavy atom. The molecule has 2 aromatic rings. The van der Waals surface area contributed by atoms with Gasteiger partial charge in [-0.15, -0.1) is 0 Å². The Morgan fingerprint density at radius 1 is 1.24 bits per heavy atom. The molecule has 0 aliphatic rings. The lowest BCUT2D eigenvalue weighted by atomic mass is 10.1. The summed E-state index contributed by atoms with van der Waals surface area (Å²) in [5.74, 6) is 0. The Morgan fingerprint density at radius 3 is 2.71 bits per heavy atom. The lowest BCUT2D eigenvalue weighted by Crippen LogP contribution is -2.37. The van der Waals surface area contributed by atoms with Gasteiger partial charge in [0.2, 0.25) is 0 Å². The van der Waals surface area contributed by atoms with Gasteiger partial charge in [-0.1, -0.05) is 22.0 Å². The van der Waals surface area contributed by atoms with Crippen molar-refractivity contribution in [3.05, 3.63) is 34.9 Å². The first kappa shape index (κ1) is 12.7. The van der Waals surface area contributed by atoms with E-state index in [9.17, 15) is 0 Å². The molecular weight excluding hydrogens is 276 g/mol. The van der Waals surface area contributed by atoms with Crippen LogP contribution in [0.4, 0.5) is 0 Å². The van der Waals surface area contributed by atoms with Crippen molar-refractivity contribution < 1.29 is 0 Å². The summed E-state index contributed by atoms with van der Waals surface area (Å²) >= 11 is 3.52. The number of benzene rings is 1. The highest BCUT2D eigenvalue weighted by molar-refractivity contribution is 9.10. The molecule has 1 aromatic heterocycles. The third-order valence-corrected chi connectivity index (χ3v) is 3.24. The molecule has 0 amide bonds. The van der Waals surface area contributed by atoms with Crippen LogP contribution < -0.4 is 5.32 Å². The minimum atomic E-state index is 0.184. The van der Waals surface area contributed by atoms with Gasteiger partial charge in [0.05, 0.1) is 0 Å². The molecule has 3 heteroatoms. The van der Waals surface area contributed by atoms with Crippen molar-refractivity contribution in [3.8, 4) is 0 Å². The molecule has 0 radical (unpaired) electrons. The van der Waals surface area contributed by atoms with Gasteiger partial charge < -0.3 is 9.88 Å². The van der Waals surface area contributed by atoms with Crippen LogP contribution in [0.25, 0.3) is 10.9 Å². The molecule has 1 aromatic carbocycles.